The van der Waals surface area contributed by atoms with Gasteiger partial charge < -0.3 is 21.3 Å². The van der Waals surface area contributed by atoms with E-state index in [9.17, 15) is 13.6 Å². The lowest BCUT2D eigenvalue weighted by Crippen LogP contribution is -2.44. The van der Waals surface area contributed by atoms with Gasteiger partial charge >= 0.3 is 0 Å². The molecule has 2 unspecified atom stereocenters. The number of nitrogens with two attached hydrogens (primary N) is 1. The SMILES string of the molecule is CC1CCc2ncnc(NCCNC(=O)C(CN3CCC(F)(F)CC3)c3ccc(N)cc3)c21. The van der Waals surface area contributed by atoms with Crippen molar-refractivity contribution in [2.75, 3.05) is 43.8 Å². The first kappa shape index (κ1) is 23.4. The van der Waals surface area contributed by atoms with E-state index >= 15 is 0 Å². The first-order valence-electron chi connectivity index (χ1n) is 11.6. The average Bonchev–Trinajstić information content (AvgIpc) is 3.18. The zero-order valence-electron chi connectivity index (χ0n) is 19.0. The van der Waals surface area contributed by atoms with Gasteiger partial charge in [0.1, 0.15) is 12.1 Å². The van der Waals surface area contributed by atoms with Gasteiger partial charge in [0.05, 0.1) is 5.92 Å². The van der Waals surface area contributed by atoms with Crippen LogP contribution in [-0.2, 0) is 11.2 Å². The maximum Gasteiger partial charge on any atom is 0.250 e. The first-order valence-corrected chi connectivity index (χ1v) is 11.6. The predicted molar refractivity (Wildman–Crippen MR) is 124 cm³/mol. The van der Waals surface area contributed by atoms with Gasteiger partial charge in [-0.05, 0) is 36.5 Å². The number of anilines is 2. The van der Waals surface area contributed by atoms with Crippen LogP contribution in [0.5, 0.6) is 0 Å². The molecule has 1 aromatic carbocycles. The highest BCUT2D eigenvalue weighted by atomic mass is 19.3. The molecule has 2 aliphatic rings. The van der Waals surface area contributed by atoms with Crippen molar-refractivity contribution in [2.45, 2.75) is 50.4 Å². The molecule has 1 aromatic heterocycles. The molecular formula is C24H32F2N6O. The Bertz CT molecular complexity index is 958. The number of alkyl halides is 2. The number of nitrogens with one attached hydrogen (secondary N) is 2. The molecule has 1 amide bonds. The fourth-order valence-electron chi connectivity index (χ4n) is 4.67. The summed E-state index contributed by atoms with van der Waals surface area (Å²) in [5.74, 6) is -1.94. The molecule has 9 heteroatoms. The van der Waals surface area contributed by atoms with E-state index in [-0.39, 0.29) is 31.8 Å². The molecule has 33 heavy (non-hydrogen) atoms. The summed E-state index contributed by atoms with van der Waals surface area (Å²) in [6.07, 6.45) is 3.28. The number of fused-ring (bicyclic) bond motifs is 1. The third-order valence-corrected chi connectivity index (χ3v) is 6.67. The van der Waals surface area contributed by atoms with Crippen LogP contribution < -0.4 is 16.4 Å². The molecule has 2 heterocycles. The van der Waals surface area contributed by atoms with Crippen LogP contribution in [0.15, 0.2) is 30.6 Å². The van der Waals surface area contributed by atoms with Gasteiger partial charge in [0.15, 0.2) is 0 Å². The van der Waals surface area contributed by atoms with Crippen LogP contribution in [0.2, 0.25) is 0 Å². The molecule has 1 aliphatic heterocycles. The maximum atomic E-state index is 13.6. The number of hydrogen-bond donors (Lipinski definition) is 3. The minimum absolute atomic E-state index is 0.125. The van der Waals surface area contributed by atoms with Gasteiger partial charge in [0, 0.05) is 62.5 Å². The number of benzene rings is 1. The molecule has 0 radical (unpaired) electrons. The number of aromatic nitrogens is 2. The van der Waals surface area contributed by atoms with Gasteiger partial charge in [-0.2, -0.15) is 0 Å². The molecule has 7 nitrogen and oxygen atoms in total. The van der Waals surface area contributed by atoms with E-state index in [1.54, 1.807) is 18.5 Å². The average molecular weight is 459 g/mol. The summed E-state index contributed by atoms with van der Waals surface area (Å²) in [7, 11) is 0. The number of nitrogen functional groups attached to an aromatic ring is 1. The molecule has 1 saturated heterocycles. The van der Waals surface area contributed by atoms with Crippen molar-refractivity contribution in [1.82, 2.24) is 20.2 Å². The number of amides is 1. The number of carbonyl (C=O) groups is 1. The zero-order chi connectivity index (χ0) is 23.4. The zero-order valence-corrected chi connectivity index (χ0v) is 19.0. The predicted octanol–water partition coefficient (Wildman–Crippen LogP) is 3.15. The van der Waals surface area contributed by atoms with Crippen molar-refractivity contribution in [2.24, 2.45) is 0 Å². The van der Waals surface area contributed by atoms with Crippen LogP contribution in [0.25, 0.3) is 0 Å². The second-order valence-corrected chi connectivity index (χ2v) is 9.12. The van der Waals surface area contributed by atoms with Crippen molar-refractivity contribution in [1.29, 1.82) is 0 Å². The molecule has 0 bridgehead atoms. The van der Waals surface area contributed by atoms with Crippen LogP contribution in [0.1, 0.15) is 54.8 Å². The summed E-state index contributed by atoms with van der Waals surface area (Å²) in [4.78, 5) is 23.8. The lowest BCUT2D eigenvalue weighted by molar-refractivity contribution is -0.123. The van der Waals surface area contributed by atoms with E-state index in [1.807, 2.05) is 17.0 Å². The van der Waals surface area contributed by atoms with Gasteiger partial charge in [-0.25, -0.2) is 18.7 Å². The summed E-state index contributed by atoms with van der Waals surface area (Å²) in [6.45, 7) is 4.10. The Morgan fingerprint density at radius 1 is 1.21 bits per heavy atom. The van der Waals surface area contributed by atoms with Gasteiger partial charge in [-0.3, -0.25) is 4.79 Å². The number of carbonyl (C=O) groups excluding carboxylic acids is 1. The molecule has 0 spiro atoms. The summed E-state index contributed by atoms with van der Waals surface area (Å²) < 4.78 is 27.1. The van der Waals surface area contributed by atoms with Crippen molar-refractivity contribution < 1.29 is 13.6 Å². The standard InChI is InChI=1S/C24H32F2N6O/c1-16-2-7-20-21(16)22(31-15-30-20)28-10-11-29-23(33)19(17-3-5-18(27)6-4-17)14-32-12-8-24(25,26)9-13-32/h3-6,15-16,19H,2,7-14,27H2,1H3,(H,29,33)(H,28,30,31). The van der Waals surface area contributed by atoms with E-state index in [2.05, 4.69) is 27.5 Å². The number of nitrogens with zero attached hydrogens (tertiary/aromatic N) is 3. The molecule has 4 N–H and O–H groups in total. The highest BCUT2D eigenvalue weighted by Gasteiger charge is 2.35. The molecule has 1 aliphatic carbocycles. The Kier molecular flexibility index (Phi) is 7.07. The number of likely N-dealkylation sites (tertiary alicyclic amines) is 1. The third kappa shape index (κ3) is 5.76. The molecule has 0 saturated carbocycles. The highest BCUT2D eigenvalue weighted by Crippen LogP contribution is 2.35. The Morgan fingerprint density at radius 2 is 1.94 bits per heavy atom. The monoisotopic (exact) mass is 458 g/mol. The van der Waals surface area contributed by atoms with Crippen molar-refractivity contribution >= 4 is 17.4 Å². The summed E-state index contributed by atoms with van der Waals surface area (Å²) >= 11 is 0. The smallest absolute Gasteiger partial charge is 0.250 e. The van der Waals surface area contributed by atoms with Gasteiger partial charge in [-0.15, -0.1) is 0 Å². The van der Waals surface area contributed by atoms with E-state index in [1.165, 1.54) is 5.56 Å². The topological polar surface area (TPSA) is 96.2 Å². The Morgan fingerprint density at radius 3 is 2.67 bits per heavy atom. The van der Waals surface area contributed by atoms with Crippen molar-refractivity contribution in [3.05, 3.63) is 47.4 Å². The van der Waals surface area contributed by atoms with Gasteiger partial charge in [-0.1, -0.05) is 19.1 Å². The van der Waals surface area contributed by atoms with E-state index < -0.39 is 11.8 Å². The second kappa shape index (κ2) is 9.99. The minimum Gasteiger partial charge on any atom is -0.399 e. The summed E-state index contributed by atoms with van der Waals surface area (Å²) in [5.41, 5.74) is 9.52. The molecule has 2 atom stereocenters. The Labute approximate surface area is 193 Å². The van der Waals surface area contributed by atoms with Crippen LogP contribution >= 0.6 is 0 Å². The maximum absolute atomic E-state index is 13.6. The lowest BCUT2D eigenvalue weighted by Gasteiger charge is -2.33. The van der Waals surface area contributed by atoms with Crippen LogP contribution in [-0.4, -0.2) is 59.4 Å². The van der Waals surface area contributed by atoms with Crippen molar-refractivity contribution in [3.8, 4) is 0 Å². The fourth-order valence-corrected chi connectivity index (χ4v) is 4.67. The second-order valence-electron chi connectivity index (χ2n) is 9.12. The van der Waals surface area contributed by atoms with Gasteiger partial charge in [0.25, 0.3) is 5.92 Å². The number of halogens is 2. The molecule has 2 aromatic rings. The molecule has 4 rings (SSSR count). The first-order chi connectivity index (χ1) is 15.8. The number of hydrogen-bond acceptors (Lipinski definition) is 6. The number of aryl methyl sites for hydroxylation is 1. The Balaban J connectivity index is 1.35. The number of rotatable bonds is 8. The van der Waals surface area contributed by atoms with Crippen molar-refractivity contribution in [3.63, 3.8) is 0 Å². The highest BCUT2D eigenvalue weighted by molar-refractivity contribution is 5.84. The van der Waals surface area contributed by atoms with Crippen LogP contribution in [0.4, 0.5) is 20.3 Å². The number of piperidine rings is 1. The molecule has 1 fully saturated rings. The molecule has 178 valence electrons. The summed E-state index contributed by atoms with van der Waals surface area (Å²) in [6, 6.07) is 7.20. The normalized spacial score (nSPS) is 20.8. The van der Waals surface area contributed by atoms with E-state index in [0.717, 1.165) is 29.9 Å². The Hall–Kier alpha value is -2.81. The summed E-state index contributed by atoms with van der Waals surface area (Å²) in [5, 5.41) is 6.33. The third-order valence-electron chi connectivity index (χ3n) is 6.67. The molecular weight excluding hydrogens is 426 g/mol. The lowest BCUT2D eigenvalue weighted by atomic mass is 9.95. The van der Waals surface area contributed by atoms with Gasteiger partial charge in [0.2, 0.25) is 5.91 Å². The van der Waals surface area contributed by atoms with E-state index in [0.29, 0.717) is 31.2 Å². The quantitative estimate of drug-likeness (QED) is 0.416. The van der Waals surface area contributed by atoms with Crippen LogP contribution in [0, 0.1) is 0 Å². The van der Waals surface area contributed by atoms with Crippen LogP contribution in [0.3, 0.4) is 0 Å². The largest absolute Gasteiger partial charge is 0.399 e. The fraction of sp³-hybridized carbons (Fsp3) is 0.542. The van der Waals surface area contributed by atoms with E-state index in [4.69, 9.17) is 5.73 Å². The minimum atomic E-state index is -2.61.